The monoisotopic (exact) mass is 524 g/mol. The predicted octanol–water partition coefficient (Wildman–Crippen LogP) is 6.32. The largest absolute Gasteiger partial charge is 0.421 e. The number of ether oxygens (including phenoxy) is 1. The Balaban J connectivity index is 1.17. The maximum absolute atomic E-state index is 15.3. The zero-order chi connectivity index (χ0) is 26.3. The van der Waals surface area contributed by atoms with E-state index in [2.05, 4.69) is 41.4 Å². The van der Waals surface area contributed by atoms with E-state index in [1.807, 2.05) is 37.4 Å². The highest BCUT2D eigenvalue weighted by Gasteiger charge is 2.26. The molecule has 0 spiro atoms. The van der Waals surface area contributed by atoms with Crippen LogP contribution in [0.2, 0.25) is 0 Å². The zero-order valence-electron chi connectivity index (χ0n) is 21.6. The first-order valence-corrected chi connectivity index (χ1v) is 13.4. The third kappa shape index (κ3) is 4.89. The molecule has 1 saturated heterocycles. The van der Waals surface area contributed by atoms with Gasteiger partial charge >= 0.3 is 6.01 Å². The minimum absolute atomic E-state index is 0.0744. The van der Waals surface area contributed by atoms with Crippen molar-refractivity contribution in [1.29, 1.82) is 0 Å². The lowest BCUT2D eigenvalue weighted by molar-refractivity contribution is 0.413. The average molecular weight is 525 g/mol. The zero-order valence-corrected chi connectivity index (χ0v) is 21.6. The predicted molar refractivity (Wildman–Crippen MR) is 147 cm³/mol. The van der Waals surface area contributed by atoms with E-state index in [-0.39, 0.29) is 11.8 Å². The highest BCUT2D eigenvalue weighted by atomic mass is 19.1. The molecule has 1 aromatic carbocycles. The average Bonchev–Trinajstić information content (AvgIpc) is 3.58. The maximum atomic E-state index is 15.3. The van der Waals surface area contributed by atoms with Gasteiger partial charge in [-0.25, -0.2) is 4.39 Å². The molecule has 10 heteroatoms. The second kappa shape index (κ2) is 9.68. The topological polar surface area (TPSA) is 108 Å². The van der Waals surface area contributed by atoms with Gasteiger partial charge in [0.1, 0.15) is 11.6 Å². The number of aromatic nitrogens is 6. The molecular weight excluding hydrogens is 495 g/mol. The number of nitrogens with one attached hydrogen (secondary N) is 3. The quantitative estimate of drug-likeness (QED) is 0.229. The Morgan fingerprint density at radius 1 is 0.974 bits per heavy atom. The normalized spacial score (nSPS) is 16.1. The fourth-order valence-corrected chi connectivity index (χ4v) is 5.31. The lowest BCUT2D eigenvalue weighted by atomic mass is 9.93. The SMILES string of the molecule is Cc1cc2c(F)c(Oc3nc(Nc4cc(C5CC5)[nH]n4)cc(N4CCC(c5ccccn5)CC4)n3)ccc2[nH]1. The number of hydrogen-bond acceptors (Lipinski definition) is 7. The van der Waals surface area contributed by atoms with Crippen LogP contribution in [0, 0.1) is 12.7 Å². The summed E-state index contributed by atoms with van der Waals surface area (Å²) in [6, 6.07) is 15.2. The van der Waals surface area contributed by atoms with Crippen LogP contribution in [0.15, 0.2) is 54.7 Å². The highest BCUT2D eigenvalue weighted by molar-refractivity contribution is 5.82. The molecule has 1 saturated carbocycles. The second-order valence-electron chi connectivity index (χ2n) is 10.4. The standard InChI is InChI=1S/C29H29FN8O/c1-17-14-20-22(32-17)7-8-24(28(20)30)39-29-34-25(33-26-15-23(36-37-26)18-5-6-18)16-27(35-29)38-12-9-19(10-13-38)21-4-2-3-11-31-21/h2-4,7-8,11,14-16,18-19,32H,5-6,9-10,12-13H2,1H3,(H2,33,34,35,36,37). The number of hydrogen-bond donors (Lipinski definition) is 3. The summed E-state index contributed by atoms with van der Waals surface area (Å²) < 4.78 is 21.3. The first-order chi connectivity index (χ1) is 19.1. The lowest BCUT2D eigenvalue weighted by Crippen LogP contribution is -2.33. The molecule has 0 bridgehead atoms. The molecule has 1 aliphatic heterocycles. The van der Waals surface area contributed by atoms with E-state index in [1.54, 1.807) is 18.2 Å². The number of nitrogens with zero attached hydrogens (tertiary/aromatic N) is 5. The second-order valence-corrected chi connectivity index (χ2v) is 10.4. The Hall–Kier alpha value is -4.47. The first kappa shape index (κ1) is 23.6. The van der Waals surface area contributed by atoms with Crippen LogP contribution < -0.4 is 15.0 Å². The van der Waals surface area contributed by atoms with Crippen molar-refractivity contribution in [2.45, 2.75) is 44.4 Å². The van der Waals surface area contributed by atoms with Crippen LogP contribution in [0.1, 0.15) is 54.6 Å². The molecule has 39 heavy (non-hydrogen) atoms. The van der Waals surface area contributed by atoms with E-state index >= 15 is 4.39 Å². The van der Waals surface area contributed by atoms with Gasteiger partial charge in [0.15, 0.2) is 17.4 Å². The lowest BCUT2D eigenvalue weighted by Gasteiger charge is -2.32. The molecule has 3 N–H and O–H groups in total. The Morgan fingerprint density at radius 2 is 1.85 bits per heavy atom. The van der Waals surface area contributed by atoms with Gasteiger partial charge in [-0.15, -0.1) is 0 Å². The van der Waals surface area contributed by atoms with Crippen LogP contribution in [0.25, 0.3) is 10.9 Å². The molecular formula is C29H29FN8O. The van der Waals surface area contributed by atoms with Gasteiger partial charge in [0.25, 0.3) is 0 Å². The summed E-state index contributed by atoms with van der Waals surface area (Å²) in [6.45, 7) is 3.52. The summed E-state index contributed by atoms with van der Waals surface area (Å²) in [5.41, 5.74) is 3.85. The van der Waals surface area contributed by atoms with E-state index in [4.69, 9.17) is 9.72 Å². The van der Waals surface area contributed by atoms with Crippen molar-refractivity contribution < 1.29 is 9.13 Å². The van der Waals surface area contributed by atoms with E-state index in [0.717, 1.165) is 54.3 Å². The highest BCUT2D eigenvalue weighted by Crippen LogP contribution is 2.40. The molecule has 7 rings (SSSR count). The van der Waals surface area contributed by atoms with E-state index in [1.165, 1.54) is 12.8 Å². The molecule has 0 radical (unpaired) electrons. The van der Waals surface area contributed by atoms with E-state index < -0.39 is 5.82 Å². The Bertz CT molecular complexity index is 1620. The van der Waals surface area contributed by atoms with Crippen molar-refractivity contribution >= 4 is 28.4 Å². The number of rotatable bonds is 7. The summed E-state index contributed by atoms with van der Waals surface area (Å²) in [5.74, 6) is 2.54. The van der Waals surface area contributed by atoms with Crippen LogP contribution in [-0.4, -0.2) is 43.2 Å². The van der Waals surface area contributed by atoms with Gasteiger partial charge in [0.2, 0.25) is 0 Å². The van der Waals surface area contributed by atoms with Crippen LogP contribution in [-0.2, 0) is 0 Å². The van der Waals surface area contributed by atoms with Crippen molar-refractivity contribution in [3.63, 3.8) is 0 Å². The molecule has 198 valence electrons. The number of halogens is 1. The summed E-state index contributed by atoms with van der Waals surface area (Å²) >= 11 is 0. The number of benzene rings is 1. The number of pyridine rings is 1. The summed E-state index contributed by atoms with van der Waals surface area (Å²) in [4.78, 5) is 19.2. The number of anilines is 3. The Labute approximate surface area is 224 Å². The third-order valence-corrected chi connectivity index (χ3v) is 7.53. The minimum atomic E-state index is -0.446. The molecule has 9 nitrogen and oxygen atoms in total. The molecule has 4 aromatic heterocycles. The fraction of sp³-hybridized carbons (Fsp3) is 0.310. The summed E-state index contributed by atoms with van der Waals surface area (Å²) in [7, 11) is 0. The molecule has 0 unspecified atom stereocenters. The molecule has 2 aliphatic rings. The Kier molecular flexibility index (Phi) is 5.87. The van der Waals surface area contributed by atoms with Gasteiger partial charge in [-0.1, -0.05) is 6.07 Å². The smallest absolute Gasteiger partial charge is 0.326 e. The molecule has 2 fully saturated rings. The van der Waals surface area contributed by atoms with E-state index in [9.17, 15) is 0 Å². The van der Waals surface area contributed by atoms with Gasteiger partial charge in [-0.3, -0.25) is 10.1 Å². The summed E-state index contributed by atoms with van der Waals surface area (Å²) in [6.07, 6.45) is 6.14. The number of aryl methyl sites for hydroxylation is 1. The molecule has 5 aromatic rings. The Morgan fingerprint density at radius 3 is 2.64 bits per heavy atom. The van der Waals surface area contributed by atoms with Crippen molar-refractivity contribution in [1.82, 2.24) is 30.1 Å². The minimum Gasteiger partial charge on any atom is -0.421 e. The molecule has 1 aliphatic carbocycles. The van der Waals surface area contributed by atoms with Crippen LogP contribution >= 0.6 is 0 Å². The molecule has 5 heterocycles. The number of fused-ring (bicyclic) bond motifs is 1. The first-order valence-electron chi connectivity index (χ1n) is 13.4. The van der Waals surface area contributed by atoms with Gasteiger partial charge in [-0.2, -0.15) is 15.1 Å². The third-order valence-electron chi connectivity index (χ3n) is 7.53. The maximum Gasteiger partial charge on any atom is 0.326 e. The number of aromatic amines is 2. The van der Waals surface area contributed by atoms with Crippen molar-refractivity contribution in [2.75, 3.05) is 23.3 Å². The van der Waals surface area contributed by atoms with Crippen LogP contribution in [0.4, 0.5) is 21.8 Å². The van der Waals surface area contributed by atoms with Crippen LogP contribution in [0.3, 0.4) is 0 Å². The van der Waals surface area contributed by atoms with Crippen molar-refractivity contribution in [3.05, 3.63) is 77.6 Å². The van der Waals surface area contributed by atoms with Crippen molar-refractivity contribution in [3.8, 4) is 11.8 Å². The fourth-order valence-electron chi connectivity index (χ4n) is 5.31. The van der Waals surface area contributed by atoms with Crippen molar-refractivity contribution in [2.24, 2.45) is 0 Å². The molecule has 0 atom stereocenters. The van der Waals surface area contributed by atoms with Gasteiger partial charge in [0.05, 0.1) is 0 Å². The summed E-state index contributed by atoms with van der Waals surface area (Å²) in [5, 5.41) is 11.3. The van der Waals surface area contributed by atoms with Gasteiger partial charge in [0, 0.05) is 71.2 Å². The number of piperidine rings is 1. The van der Waals surface area contributed by atoms with E-state index in [0.29, 0.717) is 28.9 Å². The molecule has 0 amide bonds. The van der Waals surface area contributed by atoms with Gasteiger partial charge < -0.3 is 19.9 Å². The van der Waals surface area contributed by atoms with Gasteiger partial charge in [-0.05, 0) is 62.9 Å². The van der Waals surface area contributed by atoms with Crippen LogP contribution in [0.5, 0.6) is 11.8 Å². The number of H-pyrrole nitrogens is 2.